The van der Waals surface area contributed by atoms with Gasteiger partial charge in [-0.15, -0.1) is 0 Å². The van der Waals surface area contributed by atoms with Crippen molar-refractivity contribution < 1.29 is 13.7 Å². The predicted molar refractivity (Wildman–Crippen MR) is 77.3 cm³/mol. The SMILES string of the molecule is O=C(NCCC1CCCS1)c1ccc(-c2noc(=O)[nH]2)o1. The Balaban J connectivity index is 1.55. The van der Waals surface area contributed by atoms with E-state index in [1.54, 1.807) is 12.1 Å². The molecule has 1 amide bonds. The topological polar surface area (TPSA) is 101 Å². The summed E-state index contributed by atoms with van der Waals surface area (Å²) in [7, 11) is 0. The molecular formula is C13H15N3O4S. The Morgan fingerprint density at radius 3 is 3.14 bits per heavy atom. The molecule has 1 fully saturated rings. The number of rotatable bonds is 5. The van der Waals surface area contributed by atoms with E-state index in [-0.39, 0.29) is 23.3 Å². The van der Waals surface area contributed by atoms with Crippen LogP contribution in [0.4, 0.5) is 0 Å². The minimum absolute atomic E-state index is 0.168. The van der Waals surface area contributed by atoms with Gasteiger partial charge >= 0.3 is 5.76 Å². The number of carbonyl (C=O) groups is 1. The van der Waals surface area contributed by atoms with Gasteiger partial charge < -0.3 is 9.73 Å². The first-order chi connectivity index (χ1) is 10.2. The van der Waals surface area contributed by atoms with Crippen molar-refractivity contribution in [2.75, 3.05) is 12.3 Å². The van der Waals surface area contributed by atoms with Gasteiger partial charge in [0.25, 0.3) is 5.91 Å². The van der Waals surface area contributed by atoms with Crippen LogP contribution in [0.1, 0.15) is 29.8 Å². The van der Waals surface area contributed by atoms with E-state index >= 15 is 0 Å². The Morgan fingerprint density at radius 1 is 1.52 bits per heavy atom. The van der Waals surface area contributed by atoms with E-state index < -0.39 is 5.76 Å². The molecule has 112 valence electrons. The quantitative estimate of drug-likeness (QED) is 0.870. The number of H-pyrrole nitrogens is 1. The third kappa shape index (κ3) is 3.38. The number of aromatic amines is 1. The number of nitrogens with zero attached hydrogens (tertiary/aromatic N) is 1. The Morgan fingerprint density at radius 2 is 2.43 bits per heavy atom. The summed E-state index contributed by atoms with van der Waals surface area (Å²) in [6, 6.07) is 3.11. The number of thioether (sulfide) groups is 1. The smallest absolute Gasteiger partial charge is 0.439 e. The monoisotopic (exact) mass is 309 g/mol. The molecule has 1 atom stereocenters. The van der Waals surface area contributed by atoms with Gasteiger partial charge in [0.1, 0.15) is 0 Å². The number of furan rings is 1. The van der Waals surface area contributed by atoms with Crippen LogP contribution in [0.2, 0.25) is 0 Å². The fourth-order valence-electron chi connectivity index (χ4n) is 2.23. The zero-order valence-electron chi connectivity index (χ0n) is 11.3. The molecule has 8 heteroatoms. The normalized spacial score (nSPS) is 18.0. The molecule has 2 N–H and O–H groups in total. The lowest BCUT2D eigenvalue weighted by Gasteiger charge is -2.08. The molecule has 2 aromatic heterocycles. The number of carbonyl (C=O) groups excluding carboxylic acids is 1. The molecule has 1 unspecified atom stereocenters. The van der Waals surface area contributed by atoms with Crippen molar-refractivity contribution in [1.29, 1.82) is 0 Å². The molecule has 21 heavy (non-hydrogen) atoms. The first-order valence-corrected chi connectivity index (χ1v) is 7.83. The van der Waals surface area contributed by atoms with Crippen molar-refractivity contribution in [2.45, 2.75) is 24.5 Å². The number of hydrogen-bond donors (Lipinski definition) is 2. The Hall–Kier alpha value is -1.96. The van der Waals surface area contributed by atoms with Crippen LogP contribution in [-0.4, -0.2) is 33.6 Å². The fraction of sp³-hybridized carbons (Fsp3) is 0.462. The highest BCUT2D eigenvalue weighted by molar-refractivity contribution is 8.00. The third-order valence-corrected chi connectivity index (χ3v) is 4.75. The van der Waals surface area contributed by atoms with E-state index in [4.69, 9.17) is 4.42 Å². The largest absolute Gasteiger partial charge is 0.448 e. The maximum Gasteiger partial charge on any atom is 0.439 e. The Labute approximate surface area is 124 Å². The molecule has 0 aromatic carbocycles. The number of amides is 1. The summed E-state index contributed by atoms with van der Waals surface area (Å²) in [5, 5.41) is 6.99. The van der Waals surface area contributed by atoms with Gasteiger partial charge in [-0.2, -0.15) is 11.8 Å². The fourth-order valence-corrected chi connectivity index (χ4v) is 3.51. The van der Waals surface area contributed by atoms with Gasteiger partial charge in [0.05, 0.1) is 0 Å². The van der Waals surface area contributed by atoms with E-state index in [2.05, 4.69) is 20.0 Å². The van der Waals surface area contributed by atoms with Crippen molar-refractivity contribution >= 4 is 17.7 Å². The molecule has 3 heterocycles. The van der Waals surface area contributed by atoms with Crippen LogP contribution in [0.5, 0.6) is 0 Å². The molecule has 1 aliphatic rings. The molecule has 2 aromatic rings. The lowest BCUT2D eigenvalue weighted by molar-refractivity contribution is 0.0926. The molecule has 0 saturated carbocycles. The van der Waals surface area contributed by atoms with E-state index in [0.29, 0.717) is 11.8 Å². The average Bonchev–Trinajstić information content (AvgIpc) is 3.19. The first-order valence-electron chi connectivity index (χ1n) is 6.78. The molecule has 0 radical (unpaired) electrons. The van der Waals surface area contributed by atoms with Crippen LogP contribution in [-0.2, 0) is 0 Å². The van der Waals surface area contributed by atoms with Crippen LogP contribution < -0.4 is 11.1 Å². The lowest BCUT2D eigenvalue weighted by Crippen LogP contribution is -2.25. The van der Waals surface area contributed by atoms with Crippen LogP contribution >= 0.6 is 11.8 Å². The van der Waals surface area contributed by atoms with Gasteiger partial charge in [-0.25, -0.2) is 4.79 Å². The highest BCUT2D eigenvalue weighted by Crippen LogP contribution is 2.28. The van der Waals surface area contributed by atoms with E-state index in [9.17, 15) is 9.59 Å². The molecule has 1 aliphatic heterocycles. The van der Waals surface area contributed by atoms with Crippen molar-refractivity contribution in [2.24, 2.45) is 0 Å². The summed E-state index contributed by atoms with van der Waals surface area (Å²) >= 11 is 1.97. The Kier molecular flexibility index (Phi) is 4.14. The lowest BCUT2D eigenvalue weighted by atomic mass is 10.2. The second kappa shape index (κ2) is 6.21. The summed E-state index contributed by atoms with van der Waals surface area (Å²) in [5.74, 6) is 0.930. The summed E-state index contributed by atoms with van der Waals surface area (Å²) in [4.78, 5) is 25.2. The zero-order chi connectivity index (χ0) is 14.7. The minimum atomic E-state index is -0.665. The average molecular weight is 309 g/mol. The first kappa shape index (κ1) is 14.0. The minimum Gasteiger partial charge on any atom is -0.448 e. The standard InChI is InChI=1S/C13H15N3O4S/c17-12(14-6-5-8-2-1-7-21-8)10-4-3-9(19-10)11-15-13(18)20-16-11/h3-4,8H,1-2,5-7H2,(H,14,17)(H,15,16,18). The Bertz CT molecular complexity index is 669. The summed E-state index contributed by atoms with van der Waals surface area (Å²) in [6.45, 7) is 0.632. The van der Waals surface area contributed by atoms with Gasteiger partial charge in [-0.1, -0.05) is 5.16 Å². The molecule has 3 rings (SSSR count). The second-order valence-electron chi connectivity index (χ2n) is 4.79. The van der Waals surface area contributed by atoms with Crippen LogP contribution in [0.3, 0.4) is 0 Å². The highest BCUT2D eigenvalue weighted by Gasteiger charge is 2.17. The van der Waals surface area contributed by atoms with Crippen LogP contribution in [0.15, 0.2) is 25.9 Å². The van der Waals surface area contributed by atoms with Crippen LogP contribution in [0.25, 0.3) is 11.6 Å². The second-order valence-corrected chi connectivity index (χ2v) is 6.20. The van der Waals surface area contributed by atoms with Gasteiger partial charge in [-0.3, -0.25) is 14.3 Å². The summed E-state index contributed by atoms with van der Waals surface area (Å²) < 4.78 is 9.74. The van der Waals surface area contributed by atoms with Crippen molar-refractivity contribution in [3.05, 3.63) is 28.4 Å². The molecular weight excluding hydrogens is 294 g/mol. The summed E-state index contributed by atoms with van der Waals surface area (Å²) in [6.07, 6.45) is 3.46. The number of nitrogens with one attached hydrogen (secondary N) is 2. The maximum atomic E-state index is 11.9. The van der Waals surface area contributed by atoms with Gasteiger partial charge in [0, 0.05) is 11.8 Å². The molecule has 0 aliphatic carbocycles. The summed E-state index contributed by atoms with van der Waals surface area (Å²) in [5.41, 5.74) is 0. The van der Waals surface area contributed by atoms with Crippen molar-refractivity contribution in [3.63, 3.8) is 0 Å². The molecule has 0 bridgehead atoms. The third-order valence-electron chi connectivity index (χ3n) is 3.28. The van der Waals surface area contributed by atoms with Crippen molar-refractivity contribution in [1.82, 2.24) is 15.5 Å². The van der Waals surface area contributed by atoms with Gasteiger partial charge in [0.15, 0.2) is 11.5 Å². The maximum absolute atomic E-state index is 11.9. The number of hydrogen-bond acceptors (Lipinski definition) is 6. The molecule has 1 saturated heterocycles. The highest BCUT2D eigenvalue weighted by atomic mass is 32.2. The van der Waals surface area contributed by atoms with Gasteiger partial charge in [-0.05, 0) is 37.1 Å². The predicted octanol–water partition coefficient (Wildman–Crippen LogP) is 1.64. The number of aromatic nitrogens is 2. The van der Waals surface area contributed by atoms with Crippen molar-refractivity contribution in [3.8, 4) is 11.6 Å². The van der Waals surface area contributed by atoms with Crippen LogP contribution in [0, 0.1) is 0 Å². The van der Waals surface area contributed by atoms with E-state index in [1.807, 2.05) is 11.8 Å². The zero-order valence-corrected chi connectivity index (χ0v) is 12.1. The molecule has 7 nitrogen and oxygen atoms in total. The van der Waals surface area contributed by atoms with E-state index in [0.717, 1.165) is 6.42 Å². The molecule has 0 spiro atoms. The van der Waals surface area contributed by atoms with Gasteiger partial charge in [0.2, 0.25) is 5.82 Å². The van der Waals surface area contributed by atoms with E-state index in [1.165, 1.54) is 18.6 Å².